The van der Waals surface area contributed by atoms with Gasteiger partial charge in [0.05, 0.1) is 19.8 Å². The molecular weight excluding hydrogens is 262 g/mol. The summed E-state index contributed by atoms with van der Waals surface area (Å²) >= 11 is 0. The Morgan fingerprint density at radius 1 is 1.25 bits per heavy atom. The largest absolute Gasteiger partial charge is 0.493 e. The molecule has 0 fully saturated rings. The zero-order chi connectivity index (χ0) is 15.1. The molecule has 0 aromatic heterocycles. The molecule has 0 saturated heterocycles. The van der Waals surface area contributed by atoms with Crippen LogP contribution in [0.5, 0.6) is 11.5 Å². The molecule has 1 N–H and O–H groups in total. The third kappa shape index (κ3) is 3.88. The van der Waals surface area contributed by atoms with Crippen LogP contribution in [0.2, 0.25) is 0 Å². The van der Waals surface area contributed by atoms with Gasteiger partial charge in [-0.3, -0.25) is 4.79 Å². The number of hydrogen-bond donors (Lipinski definition) is 1. The molecule has 1 rings (SSSR count). The number of esters is 1. The van der Waals surface area contributed by atoms with Crippen molar-refractivity contribution in [2.45, 2.75) is 20.0 Å². The van der Waals surface area contributed by atoms with E-state index in [9.17, 15) is 9.59 Å². The molecule has 0 saturated carbocycles. The van der Waals surface area contributed by atoms with E-state index >= 15 is 0 Å². The Balaban J connectivity index is 2.90. The van der Waals surface area contributed by atoms with E-state index in [0.29, 0.717) is 23.6 Å². The number of carbonyl (C=O) groups is 2. The second-order valence-electron chi connectivity index (χ2n) is 4.01. The molecule has 110 valence electrons. The molecule has 1 amide bonds. The SMILES string of the molecule is CCNC(=O)[C@@H](C)Oc1ccc(C(=O)OC)cc1OC. The minimum absolute atomic E-state index is 0.216. The Hall–Kier alpha value is -2.24. The van der Waals surface area contributed by atoms with Gasteiger partial charge in [0.15, 0.2) is 17.6 Å². The zero-order valence-corrected chi connectivity index (χ0v) is 12.1. The van der Waals surface area contributed by atoms with Crippen LogP contribution in [-0.2, 0) is 9.53 Å². The lowest BCUT2D eigenvalue weighted by atomic mass is 10.2. The molecule has 0 unspecified atom stereocenters. The van der Waals surface area contributed by atoms with Gasteiger partial charge < -0.3 is 19.5 Å². The number of likely N-dealkylation sites (N-methyl/N-ethyl adjacent to an activating group) is 1. The third-order valence-corrected chi connectivity index (χ3v) is 2.61. The van der Waals surface area contributed by atoms with Crippen LogP contribution in [0.25, 0.3) is 0 Å². The molecule has 1 aromatic rings. The molecule has 0 radical (unpaired) electrons. The highest BCUT2D eigenvalue weighted by Crippen LogP contribution is 2.29. The Morgan fingerprint density at radius 2 is 1.95 bits per heavy atom. The van der Waals surface area contributed by atoms with Crippen LogP contribution in [0, 0.1) is 0 Å². The van der Waals surface area contributed by atoms with Crippen molar-refractivity contribution >= 4 is 11.9 Å². The van der Waals surface area contributed by atoms with Gasteiger partial charge in [-0.1, -0.05) is 0 Å². The van der Waals surface area contributed by atoms with Gasteiger partial charge in [0.1, 0.15) is 0 Å². The summed E-state index contributed by atoms with van der Waals surface area (Å²) in [5.41, 5.74) is 0.349. The first-order chi connectivity index (χ1) is 9.53. The Labute approximate surface area is 118 Å². The summed E-state index contributed by atoms with van der Waals surface area (Å²) in [5.74, 6) is 0.0705. The highest BCUT2D eigenvalue weighted by atomic mass is 16.5. The lowest BCUT2D eigenvalue weighted by molar-refractivity contribution is -0.127. The van der Waals surface area contributed by atoms with Crippen LogP contribution in [0.1, 0.15) is 24.2 Å². The van der Waals surface area contributed by atoms with Gasteiger partial charge >= 0.3 is 5.97 Å². The molecule has 0 spiro atoms. The normalized spacial score (nSPS) is 11.4. The van der Waals surface area contributed by atoms with Crippen LogP contribution in [0.4, 0.5) is 0 Å². The molecule has 1 aromatic carbocycles. The number of amides is 1. The molecule has 0 aliphatic rings. The van der Waals surface area contributed by atoms with Crippen LogP contribution < -0.4 is 14.8 Å². The summed E-state index contributed by atoms with van der Waals surface area (Å²) in [6, 6.07) is 4.63. The fraction of sp³-hybridized carbons (Fsp3) is 0.429. The van der Waals surface area contributed by atoms with Crippen molar-refractivity contribution in [2.75, 3.05) is 20.8 Å². The second kappa shape index (κ2) is 7.37. The molecular formula is C14H19NO5. The first-order valence-electron chi connectivity index (χ1n) is 6.24. The highest BCUT2D eigenvalue weighted by molar-refractivity contribution is 5.90. The van der Waals surface area contributed by atoms with Crippen molar-refractivity contribution in [3.8, 4) is 11.5 Å². The molecule has 0 heterocycles. The summed E-state index contributed by atoms with van der Waals surface area (Å²) in [5, 5.41) is 2.66. The van der Waals surface area contributed by atoms with E-state index in [1.807, 2.05) is 6.92 Å². The monoisotopic (exact) mass is 281 g/mol. The smallest absolute Gasteiger partial charge is 0.337 e. The topological polar surface area (TPSA) is 73.9 Å². The summed E-state index contributed by atoms with van der Waals surface area (Å²) in [4.78, 5) is 23.0. The lowest BCUT2D eigenvalue weighted by Crippen LogP contribution is -2.36. The van der Waals surface area contributed by atoms with Gasteiger partial charge in [-0.15, -0.1) is 0 Å². The number of rotatable bonds is 6. The molecule has 0 aliphatic heterocycles. The van der Waals surface area contributed by atoms with Crippen molar-refractivity contribution in [3.05, 3.63) is 23.8 Å². The van der Waals surface area contributed by atoms with E-state index in [4.69, 9.17) is 9.47 Å². The number of ether oxygens (including phenoxy) is 3. The minimum atomic E-state index is -0.659. The van der Waals surface area contributed by atoms with E-state index in [1.165, 1.54) is 20.3 Å². The quantitative estimate of drug-likeness (QED) is 0.797. The Morgan fingerprint density at radius 3 is 2.50 bits per heavy atom. The third-order valence-electron chi connectivity index (χ3n) is 2.61. The maximum atomic E-state index is 11.6. The fourth-order valence-corrected chi connectivity index (χ4v) is 1.57. The second-order valence-corrected chi connectivity index (χ2v) is 4.01. The lowest BCUT2D eigenvalue weighted by Gasteiger charge is -2.16. The number of hydrogen-bond acceptors (Lipinski definition) is 5. The van der Waals surface area contributed by atoms with Gasteiger partial charge in [0.25, 0.3) is 5.91 Å². The summed E-state index contributed by atoms with van der Waals surface area (Å²) in [7, 11) is 2.76. The maximum Gasteiger partial charge on any atom is 0.337 e. The van der Waals surface area contributed by atoms with Crippen molar-refractivity contribution < 1.29 is 23.8 Å². The van der Waals surface area contributed by atoms with Gasteiger partial charge in [-0.25, -0.2) is 4.79 Å². The maximum absolute atomic E-state index is 11.6. The van der Waals surface area contributed by atoms with E-state index in [1.54, 1.807) is 19.1 Å². The predicted molar refractivity (Wildman–Crippen MR) is 73.1 cm³/mol. The molecule has 1 atom stereocenters. The fourth-order valence-electron chi connectivity index (χ4n) is 1.57. The number of nitrogens with one attached hydrogen (secondary N) is 1. The molecule has 6 heteroatoms. The zero-order valence-electron chi connectivity index (χ0n) is 12.1. The van der Waals surface area contributed by atoms with Crippen molar-refractivity contribution in [3.63, 3.8) is 0 Å². The van der Waals surface area contributed by atoms with E-state index in [0.717, 1.165) is 0 Å². The van der Waals surface area contributed by atoms with Crippen LogP contribution >= 0.6 is 0 Å². The van der Waals surface area contributed by atoms with Crippen molar-refractivity contribution in [2.24, 2.45) is 0 Å². The molecule has 0 aliphatic carbocycles. The molecule has 0 bridgehead atoms. The van der Waals surface area contributed by atoms with Crippen molar-refractivity contribution in [1.29, 1.82) is 0 Å². The Kier molecular flexibility index (Phi) is 5.83. The number of carbonyl (C=O) groups excluding carboxylic acids is 2. The molecule has 20 heavy (non-hydrogen) atoms. The van der Waals surface area contributed by atoms with Crippen LogP contribution in [0.15, 0.2) is 18.2 Å². The summed E-state index contributed by atoms with van der Waals surface area (Å²) < 4.78 is 15.3. The van der Waals surface area contributed by atoms with Gasteiger partial charge in [0, 0.05) is 6.54 Å². The number of methoxy groups -OCH3 is 2. The molecule has 6 nitrogen and oxygen atoms in total. The Bertz CT molecular complexity index is 486. The standard InChI is InChI=1S/C14H19NO5/c1-5-15-13(16)9(2)20-11-7-6-10(14(17)19-4)8-12(11)18-3/h6-9H,5H2,1-4H3,(H,15,16)/t9-/m1/s1. The van der Waals surface area contributed by atoms with Gasteiger partial charge in [0.2, 0.25) is 0 Å². The average molecular weight is 281 g/mol. The first-order valence-corrected chi connectivity index (χ1v) is 6.24. The van der Waals surface area contributed by atoms with E-state index < -0.39 is 12.1 Å². The van der Waals surface area contributed by atoms with Gasteiger partial charge in [-0.05, 0) is 32.0 Å². The van der Waals surface area contributed by atoms with Crippen molar-refractivity contribution in [1.82, 2.24) is 5.32 Å². The highest BCUT2D eigenvalue weighted by Gasteiger charge is 2.17. The average Bonchev–Trinajstić information content (AvgIpc) is 2.46. The van der Waals surface area contributed by atoms with Gasteiger partial charge in [-0.2, -0.15) is 0 Å². The summed E-state index contributed by atoms with van der Waals surface area (Å²) in [6.07, 6.45) is -0.659. The van der Waals surface area contributed by atoms with E-state index in [2.05, 4.69) is 10.1 Å². The summed E-state index contributed by atoms with van der Waals surface area (Å²) in [6.45, 7) is 4.00. The van der Waals surface area contributed by atoms with E-state index in [-0.39, 0.29) is 5.91 Å². The van der Waals surface area contributed by atoms with Crippen LogP contribution in [-0.4, -0.2) is 38.7 Å². The minimum Gasteiger partial charge on any atom is -0.493 e. The van der Waals surface area contributed by atoms with Crippen LogP contribution in [0.3, 0.4) is 0 Å². The first kappa shape index (κ1) is 15.8. The number of benzene rings is 1. The predicted octanol–water partition coefficient (Wildman–Crippen LogP) is 1.39.